The first-order valence-corrected chi connectivity index (χ1v) is 7.19. The number of hydrogen-bond acceptors (Lipinski definition) is 4. The van der Waals surface area contributed by atoms with Crippen molar-refractivity contribution in [3.63, 3.8) is 0 Å². The number of nitrogens with one attached hydrogen (secondary N) is 1. The second kappa shape index (κ2) is 8.18. The van der Waals surface area contributed by atoms with Crippen molar-refractivity contribution in [2.24, 2.45) is 0 Å². The summed E-state index contributed by atoms with van der Waals surface area (Å²) in [6.45, 7) is 0.792. The molecule has 0 spiro atoms. The molecule has 0 heterocycles. The number of benzene rings is 2. The average molecular weight is 353 g/mol. The molecule has 1 N–H and O–H groups in total. The van der Waals surface area contributed by atoms with E-state index in [1.807, 2.05) is 0 Å². The zero-order valence-corrected chi connectivity index (χ0v) is 13.1. The van der Waals surface area contributed by atoms with Crippen LogP contribution in [0.15, 0.2) is 42.5 Å². The van der Waals surface area contributed by atoms with Crippen LogP contribution in [0.4, 0.5) is 18.9 Å². The molecular weight excluding hydrogens is 339 g/mol. The van der Waals surface area contributed by atoms with Crippen LogP contribution in [-0.2, 0) is 14.3 Å². The predicted octanol–water partition coefficient (Wildman–Crippen LogP) is 3.05. The Labute approximate surface area is 141 Å². The summed E-state index contributed by atoms with van der Waals surface area (Å²) in [5.74, 6) is -3.57. The van der Waals surface area contributed by atoms with Gasteiger partial charge in [0.1, 0.15) is 23.2 Å². The van der Waals surface area contributed by atoms with Crippen LogP contribution >= 0.6 is 0 Å². The normalized spacial score (nSPS) is 11.5. The zero-order valence-electron chi connectivity index (χ0n) is 13.1. The summed E-state index contributed by atoms with van der Waals surface area (Å²) in [4.78, 5) is 23.5. The number of carbonyl (C=O) groups excluding carboxylic acids is 2. The molecule has 8 heteroatoms. The van der Waals surface area contributed by atoms with Crippen LogP contribution in [-0.4, -0.2) is 24.6 Å². The van der Waals surface area contributed by atoms with Crippen molar-refractivity contribution < 1.29 is 32.2 Å². The Morgan fingerprint density at radius 2 is 1.68 bits per heavy atom. The Hall–Kier alpha value is -3.03. The van der Waals surface area contributed by atoms with Crippen LogP contribution in [0.2, 0.25) is 0 Å². The highest BCUT2D eigenvalue weighted by Gasteiger charge is 2.19. The smallest absolute Gasteiger partial charge is 0.344 e. The fourth-order valence-electron chi connectivity index (χ4n) is 1.78. The number of ether oxygens (including phenoxy) is 2. The highest BCUT2D eigenvalue weighted by Crippen LogP contribution is 2.15. The van der Waals surface area contributed by atoms with Crippen molar-refractivity contribution >= 4 is 17.6 Å². The summed E-state index contributed by atoms with van der Waals surface area (Å²) >= 11 is 0. The molecule has 0 fully saturated rings. The third-order valence-electron chi connectivity index (χ3n) is 3.04. The van der Waals surface area contributed by atoms with E-state index in [1.54, 1.807) is 0 Å². The molecule has 0 aliphatic carbocycles. The zero-order chi connectivity index (χ0) is 18.4. The van der Waals surface area contributed by atoms with E-state index in [0.717, 1.165) is 24.3 Å². The third-order valence-corrected chi connectivity index (χ3v) is 3.04. The predicted molar refractivity (Wildman–Crippen MR) is 82.4 cm³/mol. The van der Waals surface area contributed by atoms with E-state index < -0.39 is 42.0 Å². The standard InChI is InChI=1S/C17H14F3NO4/c1-10(17(23)21-15-7-4-12(19)8-14(15)20)25-16(22)9-24-13-5-2-11(18)3-6-13/h2-8,10H,9H2,1H3,(H,21,23)/t10-/m0/s1. The minimum atomic E-state index is -1.23. The lowest BCUT2D eigenvalue weighted by atomic mass is 10.2. The van der Waals surface area contributed by atoms with E-state index in [4.69, 9.17) is 9.47 Å². The van der Waals surface area contributed by atoms with Gasteiger partial charge in [-0.15, -0.1) is 0 Å². The number of rotatable bonds is 6. The molecule has 1 atom stereocenters. The Balaban J connectivity index is 1.83. The lowest BCUT2D eigenvalue weighted by Crippen LogP contribution is -2.32. The molecule has 0 bridgehead atoms. The van der Waals surface area contributed by atoms with Crippen molar-refractivity contribution in [3.8, 4) is 5.75 Å². The third kappa shape index (κ3) is 5.52. The van der Waals surface area contributed by atoms with Gasteiger partial charge in [0.2, 0.25) is 0 Å². The van der Waals surface area contributed by atoms with Gasteiger partial charge in [-0.05, 0) is 43.3 Å². The van der Waals surface area contributed by atoms with Crippen molar-refractivity contribution in [3.05, 3.63) is 59.9 Å². The molecule has 132 valence electrons. The summed E-state index contributed by atoms with van der Waals surface area (Å²) < 4.78 is 48.9. The fraction of sp³-hybridized carbons (Fsp3) is 0.176. The summed E-state index contributed by atoms with van der Waals surface area (Å²) in [6, 6.07) is 7.62. The second-order valence-electron chi connectivity index (χ2n) is 4.99. The van der Waals surface area contributed by atoms with Gasteiger partial charge in [-0.3, -0.25) is 4.79 Å². The van der Waals surface area contributed by atoms with E-state index in [2.05, 4.69) is 5.32 Å². The topological polar surface area (TPSA) is 64.6 Å². The van der Waals surface area contributed by atoms with Gasteiger partial charge in [-0.1, -0.05) is 0 Å². The monoisotopic (exact) mass is 353 g/mol. The number of hydrogen-bond donors (Lipinski definition) is 1. The maximum atomic E-state index is 13.5. The maximum absolute atomic E-state index is 13.5. The molecule has 0 aromatic heterocycles. The maximum Gasteiger partial charge on any atom is 0.344 e. The van der Waals surface area contributed by atoms with E-state index in [1.165, 1.54) is 19.1 Å². The molecule has 0 radical (unpaired) electrons. The van der Waals surface area contributed by atoms with Gasteiger partial charge in [-0.2, -0.15) is 0 Å². The first-order chi connectivity index (χ1) is 11.8. The molecule has 0 saturated carbocycles. The van der Waals surface area contributed by atoms with Gasteiger partial charge in [-0.25, -0.2) is 18.0 Å². The molecule has 0 saturated heterocycles. The molecule has 5 nitrogen and oxygen atoms in total. The van der Waals surface area contributed by atoms with Crippen LogP contribution in [0.1, 0.15) is 6.92 Å². The van der Waals surface area contributed by atoms with Crippen LogP contribution in [0.25, 0.3) is 0 Å². The minimum absolute atomic E-state index is 0.239. The minimum Gasteiger partial charge on any atom is -0.482 e. The number of amides is 1. The van der Waals surface area contributed by atoms with Gasteiger partial charge in [0, 0.05) is 6.07 Å². The Morgan fingerprint density at radius 1 is 1.04 bits per heavy atom. The number of carbonyl (C=O) groups is 2. The molecule has 0 aliphatic heterocycles. The molecule has 0 aliphatic rings. The summed E-state index contributed by atoms with van der Waals surface area (Å²) in [7, 11) is 0. The molecular formula is C17H14F3NO4. The molecule has 2 aromatic carbocycles. The van der Waals surface area contributed by atoms with Crippen molar-refractivity contribution in [1.82, 2.24) is 0 Å². The lowest BCUT2D eigenvalue weighted by molar-refractivity contribution is -0.155. The summed E-state index contributed by atoms with van der Waals surface area (Å²) in [5, 5.41) is 2.18. The van der Waals surface area contributed by atoms with Crippen molar-refractivity contribution in [2.75, 3.05) is 11.9 Å². The Morgan fingerprint density at radius 3 is 2.32 bits per heavy atom. The summed E-state index contributed by atoms with van der Waals surface area (Å²) in [6.07, 6.45) is -1.23. The summed E-state index contributed by atoms with van der Waals surface area (Å²) in [5.41, 5.74) is -0.239. The van der Waals surface area contributed by atoms with Gasteiger partial charge in [0.25, 0.3) is 5.91 Å². The molecule has 25 heavy (non-hydrogen) atoms. The Kier molecular flexibility index (Phi) is 5.99. The number of anilines is 1. The van der Waals surface area contributed by atoms with Gasteiger partial charge in [0.15, 0.2) is 12.7 Å². The average Bonchev–Trinajstić information content (AvgIpc) is 2.56. The first kappa shape index (κ1) is 18.3. The first-order valence-electron chi connectivity index (χ1n) is 7.19. The quantitative estimate of drug-likeness (QED) is 0.811. The van der Waals surface area contributed by atoms with Gasteiger partial charge >= 0.3 is 5.97 Å². The van der Waals surface area contributed by atoms with E-state index >= 15 is 0 Å². The van der Waals surface area contributed by atoms with Crippen LogP contribution in [0, 0.1) is 17.5 Å². The van der Waals surface area contributed by atoms with Crippen LogP contribution < -0.4 is 10.1 Å². The highest BCUT2D eigenvalue weighted by molar-refractivity contribution is 5.95. The van der Waals surface area contributed by atoms with Crippen molar-refractivity contribution in [2.45, 2.75) is 13.0 Å². The molecule has 0 unspecified atom stereocenters. The molecule has 2 rings (SSSR count). The van der Waals surface area contributed by atoms with E-state index in [0.29, 0.717) is 6.07 Å². The SMILES string of the molecule is C[C@H](OC(=O)COc1ccc(F)cc1)C(=O)Nc1ccc(F)cc1F. The van der Waals surface area contributed by atoms with Crippen molar-refractivity contribution in [1.29, 1.82) is 0 Å². The molecule has 1 amide bonds. The number of esters is 1. The lowest BCUT2D eigenvalue weighted by Gasteiger charge is -2.14. The van der Waals surface area contributed by atoms with Gasteiger partial charge < -0.3 is 14.8 Å². The number of halogens is 3. The fourth-order valence-corrected chi connectivity index (χ4v) is 1.78. The second-order valence-corrected chi connectivity index (χ2v) is 4.99. The highest BCUT2D eigenvalue weighted by atomic mass is 19.1. The van der Waals surface area contributed by atoms with Crippen LogP contribution in [0.3, 0.4) is 0 Å². The van der Waals surface area contributed by atoms with E-state index in [9.17, 15) is 22.8 Å². The molecule has 2 aromatic rings. The van der Waals surface area contributed by atoms with Gasteiger partial charge in [0.05, 0.1) is 5.69 Å². The van der Waals surface area contributed by atoms with E-state index in [-0.39, 0.29) is 11.4 Å². The Bertz CT molecular complexity index is 765. The van der Waals surface area contributed by atoms with Crippen LogP contribution in [0.5, 0.6) is 5.75 Å². The largest absolute Gasteiger partial charge is 0.482 e.